The number of nitrogens with zero attached hydrogens (tertiary/aromatic N) is 1. The first-order chi connectivity index (χ1) is 12.5. The van der Waals surface area contributed by atoms with Gasteiger partial charge in [0.15, 0.2) is 0 Å². The van der Waals surface area contributed by atoms with Gasteiger partial charge in [0.1, 0.15) is 5.60 Å². The summed E-state index contributed by atoms with van der Waals surface area (Å²) >= 11 is 3.45. The lowest BCUT2D eigenvalue weighted by atomic mass is 9.83. The highest BCUT2D eigenvalue weighted by molar-refractivity contribution is 9.10. The zero-order chi connectivity index (χ0) is 18.6. The summed E-state index contributed by atoms with van der Waals surface area (Å²) < 4.78 is 7.07. The third-order valence-electron chi connectivity index (χ3n) is 4.80. The average molecular weight is 414 g/mol. The van der Waals surface area contributed by atoms with Gasteiger partial charge in [0.05, 0.1) is 0 Å². The number of cyclic esters (lactones) is 1. The molecule has 4 heteroatoms. The Morgan fingerprint density at radius 1 is 1.19 bits per heavy atom. The van der Waals surface area contributed by atoms with Gasteiger partial charge in [-0.05, 0) is 36.6 Å². The molecular weight excluding hydrogens is 390 g/mol. The Bertz CT molecular complexity index is 772. The highest BCUT2D eigenvalue weighted by atomic mass is 79.9. The van der Waals surface area contributed by atoms with Crippen molar-refractivity contribution in [2.45, 2.75) is 31.8 Å². The number of halogens is 1. The van der Waals surface area contributed by atoms with E-state index in [4.69, 9.17) is 4.74 Å². The van der Waals surface area contributed by atoms with Crippen LogP contribution in [-0.2, 0) is 16.8 Å². The molecule has 0 radical (unpaired) electrons. The van der Waals surface area contributed by atoms with Crippen LogP contribution in [0.2, 0.25) is 0 Å². The van der Waals surface area contributed by atoms with Crippen molar-refractivity contribution in [3.05, 3.63) is 82.3 Å². The molecule has 26 heavy (non-hydrogen) atoms. The molecule has 1 saturated heterocycles. The van der Waals surface area contributed by atoms with Crippen LogP contribution in [-0.4, -0.2) is 24.1 Å². The topological polar surface area (TPSA) is 29.5 Å². The van der Waals surface area contributed by atoms with Gasteiger partial charge in [-0.15, -0.1) is 0 Å². The third kappa shape index (κ3) is 4.36. The normalized spacial score (nSPS) is 19.9. The smallest absolute Gasteiger partial charge is 0.410 e. The van der Waals surface area contributed by atoms with E-state index in [1.807, 2.05) is 54.3 Å². The third-order valence-corrected chi connectivity index (χ3v) is 5.33. The second-order valence-corrected chi connectivity index (χ2v) is 7.89. The van der Waals surface area contributed by atoms with E-state index in [2.05, 4.69) is 34.6 Å². The predicted octanol–water partition coefficient (Wildman–Crippen LogP) is 5.70. The SMILES string of the molecule is C=C(C)C[C@]1(c2ccccc2)CCN(CCc2ccc(Br)cc2)C(=O)O1. The first-order valence-corrected chi connectivity index (χ1v) is 9.70. The van der Waals surface area contributed by atoms with E-state index in [-0.39, 0.29) is 6.09 Å². The minimum atomic E-state index is -0.599. The average Bonchev–Trinajstić information content (AvgIpc) is 2.63. The zero-order valence-corrected chi connectivity index (χ0v) is 16.7. The molecule has 0 N–H and O–H groups in total. The number of hydrogen-bond acceptors (Lipinski definition) is 2. The summed E-state index contributed by atoms with van der Waals surface area (Å²) in [6, 6.07) is 18.2. The molecule has 0 bridgehead atoms. The summed E-state index contributed by atoms with van der Waals surface area (Å²) in [4.78, 5) is 14.5. The number of benzene rings is 2. The zero-order valence-electron chi connectivity index (χ0n) is 15.1. The standard InChI is InChI=1S/C22H24BrNO2/c1-17(2)16-22(19-6-4-3-5-7-19)13-15-24(21(25)26-22)14-12-18-8-10-20(23)11-9-18/h3-11H,1,12-16H2,2H3/t22-/m0/s1. The van der Waals surface area contributed by atoms with Crippen LogP contribution < -0.4 is 0 Å². The second kappa shape index (κ2) is 8.09. The Morgan fingerprint density at radius 3 is 2.50 bits per heavy atom. The lowest BCUT2D eigenvalue weighted by Gasteiger charge is -2.42. The monoisotopic (exact) mass is 413 g/mol. The van der Waals surface area contributed by atoms with Gasteiger partial charge in [-0.2, -0.15) is 0 Å². The minimum absolute atomic E-state index is 0.238. The van der Waals surface area contributed by atoms with Crippen LogP contribution in [0.1, 0.15) is 30.9 Å². The van der Waals surface area contributed by atoms with Crippen molar-refractivity contribution >= 4 is 22.0 Å². The number of rotatable bonds is 6. The summed E-state index contributed by atoms with van der Waals surface area (Å²) in [5.41, 5.74) is 2.68. The van der Waals surface area contributed by atoms with E-state index in [0.29, 0.717) is 19.5 Å². The first kappa shape index (κ1) is 18.7. The molecule has 2 aromatic carbocycles. The van der Waals surface area contributed by atoms with E-state index in [0.717, 1.165) is 28.5 Å². The van der Waals surface area contributed by atoms with Crippen LogP contribution in [0.15, 0.2) is 71.2 Å². The summed E-state index contributed by atoms with van der Waals surface area (Å²) in [5.74, 6) is 0. The fraction of sp³-hybridized carbons (Fsp3) is 0.318. The molecule has 1 aliphatic rings. The summed E-state index contributed by atoms with van der Waals surface area (Å²) in [7, 11) is 0. The van der Waals surface area contributed by atoms with Crippen LogP contribution in [0.4, 0.5) is 4.79 Å². The van der Waals surface area contributed by atoms with Gasteiger partial charge in [-0.3, -0.25) is 0 Å². The van der Waals surface area contributed by atoms with E-state index in [9.17, 15) is 4.79 Å². The molecule has 1 heterocycles. The van der Waals surface area contributed by atoms with Crippen molar-refractivity contribution in [3.8, 4) is 0 Å². The number of amides is 1. The maximum Gasteiger partial charge on any atom is 0.410 e. The molecule has 0 aliphatic carbocycles. The molecule has 1 fully saturated rings. The Kier molecular flexibility index (Phi) is 5.82. The van der Waals surface area contributed by atoms with E-state index in [1.54, 1.807) is 0 Å². The van der Waals surface area contributed by atoms with Gasteiger partial charge in [0, 0.05) is 30.4 Å². The van der Waals surface area contributed by atoms with Crippen LogP contribution in [0.5, 0.6) is 0 Å². The first-order valence-electron chi connectivity index (χ1n) is 8.91. The highest BCUT2D eigenvalue weighted by Gasteiger charge is 2.41. The van der Waals surface area contributed by atoms with Crippen molar-refractivity contribution in [2.24, 2.45) is 0 Å². The molecule has 3 rings (SSSR count). The molecule has 3 nitrogen and oxygen atoms in total. The van der Waals surface area contributed by atoms with Crippen LogP contribution in [0.3, 0.4) is 0 Å². The molecule has 1 amide bonds. The second-order valence-electron chi connectivity index (χ2n) is 6.98. The Balaban J connectivity index is 1.69. The molecular formula is C22H24BrNO2. The maximum atomic E-state index is 12.7. The van der Waals surface area contributed by atoms with Gasteiger partial charge < -0.3 is 9.64 Å². The Morgan fingerprint density at radius 2 is 1.88 bits per heavy atom. The molecule has 2 aromatic rings. The molecule has 136 valence electrons. The van der Waals surface area contributed by atoms with E-state index >= 15 is 0 Å². The number of ether oxygens (including phenoxy) is 1. The predicted molar refractivity (Wildman–Crippen MR) is 108 cm³/mol. The molecule has 1 atom stereocenters. The van der Waals surface area contributed by atoms with Crippen molar-refractivity contribution in [3.63, 3.8) is 0 Å². The van der Waals surface area contributed by atoms with E-state index < -0.39 is 5.60 Å². The van der Waals surface area contributed by atoms with Crippen LogP contribution in [0, 0.1) is 0 Å². The van der Waals surface area contributed by atoms with Gasteiger partial charge in [-0.25, -0.2) is 4.79 Å². The number of carbonyl (C=O) groups excluding carboxylic acids is 1. The molecule has 0 saturated carbocycles. The Hall–Kier alpha value is -2.07. The summed E-state index contributed by atoms with van der Waals surface area (Å²) in [6.45, 7) is 7.38. The van der Waals surface area contributed by atoms with Crippen LogP contribution in [0.25, 0.3) is 0 Å². The largest absolute Gasteiger partial charge is 0.437 e. The van der Waals surface area contributed by atoms with Gasteiger partial charge >= 0.3 is 6.09 Å². The number of hydrogen-bond donors (Lipinski definition) is 0. The number of carbonyl (C=O) groups is 1. The Labute approximate surface area is 163 Å². The molecule has 0 aromatic heterocycles. The molecule has 0 unspecified atom stereocenters. The fourth-order valence-electron chi connectivity index (χ4n) is 3.47. The van der Waals surface area contributed by atoms with Gasteiger partial charge in [-0.1, -0.05) is 70.5 Å². The molecule has 0 spiro atoms. The van der Waals surface area contributed by atoms with Crippen molar-refractivity contribution in [1.82, 2.24) is 4.90 Å². The van der Waals surface area contributed by atoms with Crippen molar-refractivity contribution < 1.29 is 9.53 Å². The quantitative estimate of drug-likeness (QED) is 0.568. The summed E-state index contributed by atoms with van der Waals surface area (Å²) in [6.07, 6.45) is 2.01. The molecule has 1 aliphatic heterocycles. The maximum absolute atomic E-state index is 12.7. The van der Waals surface area contributed by atoms with Gasteiger partial charge in [0.2, 0.25) is 0 Å². The van der Waals surface area contributed by atoms with Crippen molar-refractivity contribution in [1.29, 1.82) is 0 Å². The van der Waals surface area contributed by atoms with E-state index in [1.165, 1.54) is 5.56 Å². The lowest BCUT2D eigenvalue weighted by molar-refractivity contribution is -0.0522. The highest BCUT2D eigenvalue weighted by Crippen LogP contribution is 2.39. The van der Waals surface area contributed by atoms with Crippen molar-refractivity contribution in [2.75, 3.05) is 13.1 Å². The summed E-state index contributed by atoms with van der Waals surface area (Å²) in [5, 5.41) is 0. The fourth-order valence-corrected chi connectivity index (χ4v) is 3.73. The lowest BCUT2D eigenvalue weighted by Crippen LogP contribution is -2.48. The minimum Gasteiger partial charge on any atom is -0.437 e. The van der Waals surface area contributed by atoms with Crippen LogP contribution >= 0.6 is 15.9 Å². The van der Waals surface area contributed by atoms with Gasteiger partial charge in [0.25, 0.3) is 0 Å².